The largest absolute Gasteiger partial charge is 0.0950 e. The summed E-state index contributed by atoms with van der Waals surface area (Å²) in [5.74, 6) is 0. The average molecular weight is 579 g/mol. The van der Waals surface area contributed by atoms with Crippen LogP contribution in [0, 0.1) is 0 Å². The SMILES string of the molecule is CCCCCCCCP(CCCCCCCC)C1=CC=CC1P(CCCCCCCC)CCCCCCCC. The molecule has 2 heteroatoms. The highest BCUT2D eigenvalue weighted by molar-refractivity contribution is 7.65. The van der Waals surface area contributed by atoms with Gasteiger partial charge < -0.3 is 0 Å². The molecule has 0 bridgehead atoms. The molecule has 0 amide bonds. The lowest BCUT2D eigenvalue weighted by Gasteiger charge is -2.31. The summed E-state index contributed by atoms with van der Waals surface area (Å²) in [6.07, 6.45) is 48.8. The monoisotopic (exact) mass is 579 g/mol. The Balaban J connectivity index is 2.73. The molecule has 0 heterocycles. The van der Waals surface area contributed by atoms with Gasteiger partial charge >= 0.3 is 0 Å². The molecule has 0 aromatic carbocycles. The van der Waals surface area contributed by atoms with Crippen LogP contribution in [-0.2, 0) is 0 Å². The maximum absolute atomic E-state index is 2.69. The van der Waals surface area contributed by atoms with E-state index in [1.165, 1.54) is 166 Å². The molecule has 1 atom stereocenters. The van der Waals surface area contributed by atoms with E-state index in [0.29, 0.717) is 0 Å². The van der Waals surface area contributed by atoms with Crippen LogP contribution in [0.4, 0.5) is 0 Å². The summed E-state index contributed by atoms with van der Waals surface area (Å²) in [4.78, 5) is 0. The molecule has 0 aromatic rings. The number of hydrogen-bond donors (Lipinski definition) is 0. The van der Waals surface area contributed by atoms with Gasteiger partial charge in [-0.05, 0) is 55.6 Å². The molecule has 230 valence electrons. The zero-order chi connectivity index (χ0) is 28.2. The summed E-state index contributed by atoms with van der Waals surface area (Å²) in [5.41, 5.74) is 0.845. The van der Waals surface area contributed by atoms with Crippen molar-refractivity contribution in [3.8, 4) is 0 Å². The van der Waals surface area contributed by atoms with E-state index >= 15 is 0 Å². The van der Waals surface area contributed by atoms with Crippen LogP contribution in [0.5, 0.6) is 0 Å². The van der Waals surface area contributed by atoms with Crippen LogP contribution in [0.3, 0.4) is 0 Å². The van der Waals surface area contributed by atoms with E-state index in [1.807, 2.05) is 5.31 Å². The molecule has 0 fully saturated rings. The van der Waals surface area contributed by atoms with E-state index in [2.05, 4.69) is 45.9 Å². The maximum Gasteiger partial charge on any atom is 0.0228 e. The Labute approximate surface area is 250 Å². The minimum atomic E-state index is 0.0790. The van der Waals surface area contributed by atoms with Gasteiger partial charge in [0.15, 0.2) is 0 Å². The molecule has 0 nitrogen and oxygen atoms in total. The van der Waals surface area contributed by atoms with Gasteiger partial charge in [0.1, 0.15) is 0 Å². The van der Waals surface area contributed by atoms with Gasteiger partial charge in [-0.1, -0.05) is 190 Å². The van der Waals surface area contributed by atoms with Crippen LogP contribution in [0.15, 0.2) is 23.5 Å². The van der Waals surface area contributed by atoms with Crippen LogP contribution in [-0.4, -0.2) is 30.3 Å². The molecule has 0 aromatic heterocycles. The molecule has 0 aliphatic heterocycles. The predicted octanol–water partition coefficient (Wildman–Crippen LogP) is 14.2. The van der Waals surface area contributed by atoms with Crippen LogP contribution in [0.25, 0.3) is 0 Å². The van der Waals surface area contributed by atoms with Crippen LogP contribution in [0.2, 0.25) is 0 Å². The fourth-order valence-electron chi connectivity index (χ4n) is 6.17. The van der Waals surface area contributed by atoms with Gasteiger partial charge in [0.2, 0.25) is 0 Å². The summed E-state index contributed by atoms with van der Waals surface area (Å²) >= 11 is 0. The molecule has 0 saturated heterocycles. The van der Waals surface area contributed by atoms with Gasteiger partial charge in [-0.25, -0.2) is 0 Å². The van der Waals surface area contributed by atoms with Crippen LogP contribution in [0.1, 0.15) is 182 Å². The van der Waals surface area contributed by atoms with E-state index in [9.17, 15) is 0 Å². The topological polar surface area (TPSA) is 0 Å². The van der Waals surface area contributed by atoms with Gasteiger partial charge in [0.25, 0.3) is 0 Å². The summed E-state index contributed by atoms with van der Waals surface area (Å²) in [5, 5.41) is 1.95. The lowest BCUT2D eigenvalue weighted by atomic mass is 10.1. The number of allylic oxidation sites excluding steroid dienone is 4. The maximum atomic E-state index is 2.69. The normalized spacial score (nSPS) is 15.2. The van der Waals surface area contributed by atoms with Crippen molar-refractivity contribution in [2.75, 3.05) is 24.6 Å². The first kappa shape index (κ1) is 37.4. The fraction of sp³-hybridized carbons (Fsp3) is 0.892. The quantitative estimate of drug-likeness (QED) is 0.0587. The van der Waals surface area contributed by atoms with Crippen LogP contribution < -0.4 is 0 Å². The fourth-order valence-corrected chi connectivity index (χ4v) is 12.7. The third kappa shape index (κ3) is 20.0. The lowest BCUT2D eigenvalue weighted by molar-refractivity contribution is 0.621. The summed E-state index contributed by atoms with van der Waals surface area (Å²) in [7, 11) is 0.204. The summed E-state index contributed by atoms with van der Waals surface area (Å²) in [6, 6.07) is 0. The molecule has 1 unspecified atom stereocenters. The molecule has 0 radical (unpaired) electrons. The average Bonchev–Trinajstić information content (AvgIpc) is 3.43. The van der Waals surface area contributed by atoms with Crippen molar-refractivity contribution in [3.05, 3.63) is 23.5 Å². The van der Waals surface area contributed by atoms with E-state index < -0.39 is 0 Å². The Morgan fingerprint density at radius 3 is 1.15 bits per heavy atom. The van der Waals surface area contributed by atoms with E-state index in [1.54, 1.807) is 12.3 Å². The Bertz CT molecular complexity index is 534. The number of hydrogen-bond acceptors (Lipinski definition) is 0. The Kier molecular flexibility index (Phi) is 27.3. The zero-order valence-electron chi connectivity index (χ0n) is 27.5. The second-order valence-corrected chi connectivity index (χ2v) is 17.6. The van der Waals surface area contributed by atoms with Gasteiger partial charge in [-0.3, -0.25) is 0 Å². The second kappa shape index (κ2) is 28.5. The highest BCUT2D eigenvalue weighted by Gasteiger charge is 2.28. The standard InChI is InChI=1S/C37H72P2/c1-5-9-13-17-21-25-32-38(33-26-22-18-14-10-6-2)36-30-29-31-37(36)39(34-27-23-19-15-11-7-3)35-28-24-20-16-12-8-4/h29-31,36H,5-28,32-35H2,1-4H3. The highest BCUT2D eigenvalue weighted by atomic mass is 31.1. The molecule has 1 aliphatic rings. The minimum absolute atomic E-state index is 0.0790. The van der Waals surface area contributed by atoms with Crippen molar-refractivity contribution in [1.82, 2.24) is 0 Å². The minimum Gasteiger partial charge on any atom is -0.0950 e. The smallest absolute Gasteiger partial charge is 0.0228 e. The van der Waals surface area contributed by atoms with Crippen molar-refractivity contribution in [3.63, 3.8) is 0 Å². The first-order chi connectivity index (χ1) is 19.3. The first-order valence-electron chi connectivity index (χ1n) is 18.2. The van der Waals surface area contributed by atoms with Crippen molar-refractivity contribution in [2.24, 2.45) is 0 Å². The molecular formula is C37H72P2. The second-order valence-electron chi connectivity index (χ2n) is 12.5. The van der Waals surface area contributed by atoms with Gasteiger partial charge in [-0.15, -0.1) is 0 Å². The number of unbranched alkanes of at least 4 members (excludes halogenated alkanes) is 20. The van der Waals surface area contributed by atoms with E-state index in [4.69, 9.17) is 0 Å². The molecule has 0 spiro atoms. The van der Waals surface area contributed by atoms with Gasteiger partial charge in [-0.2, -0.15) is 0 Å². The van der Waals surface area contributed by atoms with E-state index in [-0.39, 0.29) is 15.8 Å². The van der Waals surface area contributed by atoms with Crippen molar-refractivity contribution in [1.29, 1.82) is 0 Å². The Hall–Kier alpha value is 0.340. The number of rotatable bonds is 30. The van der Waals surface area contributed by atoms with Gasteiger partial charge in [0.05, 0.1) is 0 Å². The molecule has 1 rings (SSSR count). The first-order valence-corrected chi connectivity index (χ1v) is 21.6. The van der Waals surface area contributed by atoms with Crippen molar-refractivity contribution < 1.29 is 0 Å². The highest BCUT2D eigenvalue weighted by Crippen LogP contribution is 2.59. The molecule has 0 saturated carbocycles. The van der Waals surface area contributed by atoms with Crippen LogP contribution >= 0.6 is 15.8 Å². The lowest BCUT2D eigenvalue weighted by Crippen LogP contribution is -2.10. The predicted molar refractivity (Wildman–Crippen MR) is 188 cm³/mol. The Morgan fingerprint density at radius 1 is 0.436 bits per heavy atom. The molecule has 39 heavy (non-hydrogen) atoms. The van der Waals surface area contributed by atoms with Crippen molar-refractivity contribution >= 4 is 15.8 Å². The van der Waals surface area contributed by atoms with Gasteiger partial charge in [0, 0.05) is 5.66 Å². The third-order valence-electron chi connectivity index (χ3n) is 8.78. The zero-order valence-corrected chi connectivity index (χ0v) is 29.3. The third-order valence-corrected chi connectivity index (χ3v) is 14.9. The Morgan fingerprint density at radius 2 is 0.769 bits per heavy atom. The van der Waals surface area contributed by atoms with Crippen molar-refractivity contribution in [2.45, 2.75) is 187 Å². The summed E-state index contributed by atoms with van der Waals surface area (Å²) < 4.78 is 0. The molecule has 1 aliphatic carbocycles. The van der Waals surface area contributed by atoms with E-state index in [0.717, 1.165) is 5.66 Å². The summed E-state index contributed by atoms with van der Waals surface area (Å²) in [6.45, 7) is 9.37. The molecule has 0 N–H and O–H groups in total. The molecular weight excluding hydrogens is 506 g/mol.